The molecule has 0 saturated carbocycles. The fourth-order valence-corrected chi connectivity index (χ4v) is 2.40. The molecule has 3 N–H and O–H groups in total. The molecule has 2 aromatic carbocycles. The second kappa shape index (κ2) is 10.4. The third kappa shape index (κ3) is 7.81. The lowest BCUT2D eigenvalue weighted by Crippen LogP contribution is -2.23. The number of anilines is 1. The average molecular weight is 411 g/mol. The van der Waals surface area contributed by atoms with E-state index in [9.17, 15) is 13.2 Å². The Kier molecular flexibility index (Phi) is 7.99. The molecule has 2 rings (SSSR count). The van der Waals surface area contributed by atoms with E-state index in [1.807, 2.05) is 13.8 Å². The molecule has 9 heteroatoms. The summed E-state index contributed by atoms with van der Waals surface area (Å²) >= 11 is 0. The molecular formula is C20H24F3N3O3. The van der Waals surface area contributed by atoms with E-state index in [1.54, 1.807) is 30.3 Å². The number of rotatable bonds is 9. The SMILES string of the molecule is CCOc1ccc(OCC)c(NC(N)=NCc2cccc(OCC(F)(F)F)c2)c1. The summed E-state index contributed by atoms with van der Waals surface area (Å²) in [5, 5.41) is 2.97. The summed E-state index contributed by atoms with van der Waals surface area (Å²) in [6, 6.07) is 11.6. The maximum atomic E-state index is 12.3. The van der Waals surface area contributed by atoms with Crippen molar-refractivity contribution in [1.29, 1.82) is 0 Å². The molecule has 0 saturated heterocycles. The number of nitrogens with two attached hydrogens (primary N) is 1. The van der Waals surface area contributed by atoms with Crippen molar-refractivity contribution in [3.05, 3.63) is 48.0 Å². The molecule has 0 aromatic heterocycles. The van der Waals surface area contributed by atoms with Gasteiger partial charge in [-0.3, -0.25) is 0 Å². The van der Waals surface area contributed by atoms with Crippen LogP contribution in [0.5, 0.6) is 17.2 Å². The first-order valence-corrected chi connectivity index (χ1v) is 9.05. The molecule has 0 aliphatic heterocycles. The number of benzene rings is 2. The highest BCUT2D eigenvalue weighted by molar-refractivity contribution is 5.94. The van der Waals surface area contributed by atoms with Crippen LogP contribution >= 0.6 is 0 Å². The van der Waals surface area contributed by atoms with Crippen molar-refractivity contribution in [2.24, 2.45) is 10.7 Å². The van der Waals surface area contributed by atoms with Gasteiger partial charge in [-0.05, 0) is 43.7 Å². The Balaban J connectivity index is 2.06. The Morgan fingerprint density at radius 3 is 2.41 bits per heavy atom. The van der Waals surface area contributed by atoms with Crippen LogP contribution in [0.2, 0.25) is 0 Å². The van der Waals surface area contributed by atoms with Crippen LogP contribution in [0.3, 0.4) is 0 Å². The number of hydrogen-bond donors (Lipinski definition) is 2. The highest BCUT2D eigenvalue weighted by Crippen LogP contribution is 2.29. The lowest BCUT2D eigenvalue weighted by atomic mass is 10.2. The van der Waals surface area contributed by atoms with Crippen LogP contribution in [0.4, 0.5) is 18.9 Å². The minimum absolute atomic E-state index is 0.115. The van der Waals surface area contributed by atoms with E-state index in [2.05, 4.69) is 10.3 Å². The van der Waals surface area contributed by atoms with Crippen molar-refractivity contribution in [3.8, 4) is 17.2 Å². The highest BCUT2D eigenvalue weighted by Gasteiger charge is 2.28. The predicted octanol–water partition coefficient (Wildman–Crippen LogP) is 4.35. The van der Waals surface area contributed by atoms with Gasteiger partial charge >= 0.3 is 6.18 Å². The van der Waals surface area contributed by atoms with Gasteiger partial charge in [0, 0.05) is 6.07 Å². The van der Waals surface area contributed by atoms with Crippen molar-refractivity contribution >= 4 is 11.6 Å². The van der Waals surface area contributed by atoms with Gasteiger partial charge in [0.2, 0.25) is 0 Å². The minimum Gasteiger partial charge on any atom is -0.494 e. The van der Waals surface area contributed by atoms with E-state index >= 15 is 0 Å². The molecule has 0 aliphatic carbocycles. The highest BCUT2D eigenvalue weighted by atomic mass is 19.4. The number of guanidine groups is 1. The zero-order valence-corrected chi connectivity index (χ0v) is 16.3. The van der Waals surface area contributed by atoms with Crippen LogP contribution in [-0.4, -0.2) is 32.0 Å². The summed E-state index contributed by atoms with van der Waals surface area (Å²) in [4.78, 5) is 4.23. The Morgan fingerprint density at radius 2 is 1.72 bits per heavy atom. The third-order valence-corrected chi connectivity index (χ3v) is 3.56. The molecule has 29 heavy (non-hydrogen) atoms. The normalized spacial score (nSPS) is 11.8. The number of ether oxygens (including phenoxy) is 3. The monoisotopic (exact) mass is 411 g/mol. The molecule has 0 atom stereocenters. The fraction of sp³-hybridized carbons (Fsp3) is 0.350. The van der Waals surface area contributed by atoms with E-state index in [1.165, 1.54) is 12.1 Å². The van der Waals surface area contributed by atoms with Crippen molar-refractivity contribution in [3.63, 3.8) is 0 Å². The van der Waals surface area contributed by atoms with E-state index in [0.29, 0.717) is 36.0 Å². The largest absolute Gasteiger partial charge is 0.494 e. The van der Waals surface area contributed by atoms with Crippen molar-refractivity contribution in [2.45, 2.75) is 26.6 Å². The summed E-state index contributed by atoms with van der Waals surface area (Å²) in [7, 11) is 0. The van der Waals surface area contributed by atoms with E-state index in [-0.39, 0.29) is 18.3 Å². The van der Waals surface area contributed by atoms with Crippen LogP contribution in [-0.2, 0) is 6.54 Å². The van der Waals surface area contributed by atoms with Gasteiger partial charge in [0.1, 0.15) is 17.2 Å². The molecule has 2 aromatic rings. The van der Waals surface area contributed by atoms with E-state index in [4.69, 9.17) is 19.9 Å². The molecule has 0 amide bonds. The number of aliphatic imine (C=N–C) groups is 1. The number of nitrogens with one attached hydrogen (secondary N) is 1. The third-order valence-electron chi connectivity index (χ3n) is 3.56. The summed E-state index contributed by atoms with van der Waals surface area (Å²) in [5.74, 6) is 1.49. The maximum Gasteiger partial charge on any atom is 0.422 e. The van der Waals surface area contributed by atoms with Crippen molar-refractivity contribution in [2.75, 3.05) is 25.1 Å². The van der Waals surface area contributed by atoms with Crippen LogP contribution in [0.15, 0.2) is 47.5 Å². The van der Waals surface area contributed by atoms with Crippen molar-refractivity contribution < 1.29 is 27.4 Å². The summed E-state index contributed by atoms with van der Waals surface area (Å²) in [5.41, 5.74) is 7.21. The van der Waals surface area contributed by atoms with Gasteiger partial charge < -0.3 is 25.3 Å². The second-order valence-electron chi connectivity index (χ2n) is 5.90. The Bertz CT molecular complexity index is 826. The smallest absolute Gasteiger partial charge is 0.422 e. The molecule has 6 nitrogen and oxygen atoms in total. The number of halogens is 3. The van der Waals surface area contributed by atoms with Gasteiger partial charge in [-0.15, -0.1) is 0 Å². The molecule has 0 heterocycles. The zero-order valence-electron chi connectivity index (χ0n) is 16.3. The van der Waals surface area contributed by atoms with Crippen LogP contribution in [0.25, 0.3) is 0 Å². The average Bonchev–Trinajstić information content (AvgIpc) is 2.67. The zero-order chi connectivity index (χ0) is 21.3. The predicted molar refractivity (Wildman–Crippen MR) is 106 cm³/mol. The number of hydrogen-bond acceptors (Lipinski definition) is 4. The molecule has 0 aliphatic rings. The van der Waals surface area contributed by atoms with Crippen molar-refractivity contribution in [1.82, 2.24) is 0 Å². The van der Waals surface area contributed by atoms with E-state index < -0.39 is 12.8 Å². The molecule has 0 unspecified atom stereocenters. The molecule has 0 spiro atoms. The Hall–Kier alpha value is -3.10. The molecule has 158 valence electrons. The Morgan fingerprint density at radius 1 is 1.00 bits per heavy atom. The number of alkyl halides is 3. The van der Waals surface area contributed by atoms with Gasteiger partial charge in [0.05, 0.1) is 25.4 Å². The summed E-state index contributed by atoms with van der Waals surface area (Å²) in [6.07, 6.45) is -4.39. The van der Waals surface area contributed by atoms with Crippen LogP contribution in [0, 0.1) is 0 Å². The van der Waals surface area contributed by atoms with Crippen LogP contribution in [0.1, 0.15) is 19.4 Å². The molecule has 0 fully saturated rings. The fourth-order valence-electron chi connectivity index (χ4n) is 2.40. The standard InChI is InChI=1S/C20H24F3N3O3/c1-3-27-16-8-9-18(28-4-2)17(11-16)26-19(24)25-12-14-6-5-7-15(10-14)29-13-20(21,22)23/h5-11H,3-4,12-13H2,1-2H3,(H3,24,25,26). The molecule has 0 radical (unpaired) electrons. The van der Waals surface area contributed by atoms with Gasteiger partial charge in [0.15, 0.2) is 12.6 Å². The Labute approximate surface area is 167 Å². The van der Waals surface area contributed by atoms with Crippen LogP contribution < -0.4 is 25.3 Å². The lowest BCUT2D eigenvalue weighted by molar-refractivity contribution is -0.153. The summed E-state index contributed by atoms with van der Waals surface area (Å²) < 4.78 is 52.6. The van der Waals surface area contributed by atoms with Gasteiger partial charge in [-0.25, -0.2) is 4.99 Å². The summed E-state index contributed by atoms with van der Waals surface area (Å²) in [6.45, 7) is 3.56. The first-order valence-electron chi connectivity index (χ1n) is 9.05. The van der Waals surface area contributed by atoms with E-state index in [0.717, 1.165) is 0 Å². The number of nitrogens with zero attached hydrogens (tertiary/aromatic N) is 1. The van der Waals surface area contributed by atoms with Gasteiger partial charge in [-0.2, -0.15) is 13.2 Å². The minimum atomic E-state index is -4.39. The van der Waals surface area contributed by atoms with Gasteiger partial charge in [-0.1, -0.05) is 12.1 Å². The molecule has 0 bridgehead atoms. The first kappa shape index (κ1) is 22.2. The second-order valence-corrected chi connectivity index (χ2v) is 5.90. The molecular weight excluding hydrogens is 387 g/mol. The maximum absolute atomic E-state index is 12.3. The van der Waals surface area contributed by atoms with Gasteiger partial charge in [0.25, 0.3) is 0 Å². The quantitative estimate of drug-likeness (QED) is 0.474. The lowest BCUT2D eigenvalue weighted by Gasteiger charge is -2.14. The first-order chi connectivity index (χ1) is 13.8. The topological polar surface area (TPSA) is 78.1 Å².